The van der Waals surface area contributed by atoms with E-state index in [1.165, 1.54) is 38.5 Å². The first-order valence-electron chi connectivity index (χ1n) is 12.4. The molecule has 32 heavy (non-hydrogen) atoms. The summed E-state index contributed by atoms with van der Waals surface area (Å²) >= 11 is 0. The Morgan fingerprint density at radius 3 is 2.44 bits per heavy atom. The van der Waals surface area contributed by atoms with Gasteiger partial charge in [0, 0.05) is 17.2 Å². The van der Waals surface area contributed by atoms with Crippen molar-refractivity contribution in [1.82, 2.24) is 9.97 Å². The van der Waals surface area contributed by atoms with Gasteiger partial charge in [-0.15, -0.1) is 0 Å². The van der Waals surface area contributed by atoms with Crippen molar-refractivity contribution in [2.24, 2.45) is 29.1 Å². The zero-order valence-electron chi connectivity index (χ0n) is 19.7. The number of hydrogen-bond donors (Lipinski definition) is 2. The molecule has 0 radical (unpaired) electrons. The van der Waals surface area contributed by atoms with Crippen LogP contribution < -0.4 is 11.1 Å². The molecular formula is C27H36N4O. The molecule has 1 heterocycles. The van der Waals surface area contributed by atoms with Gasteiger partial charge in [0.1, 0.15) is 0 Å². The maximum absolute atomic E-state index is 12.7. The van der Waals surface area contributed by atoms with E-state index in [0.29, 0.717) is 11.2 Å². The van der Waals surface area contributed by atoms with Gasteiger partial charge >= 0.3 is 0 Å². The molecule has 0 spiro atoms. The lowest BCUT2D eigenvalue weighted by Gasteiger charge is -2.57. The van der Waals surface area contributed by atoms with Crippen molar-refractivity contribution in [3.05, 3.63) is 35.7 Å². The number of aryl methyl sites for hydroxylation is 1. The lowest BCUT2D eigenvalue weighted by Crippen LogP contribution is -2.47. The summed E-state index contributed by atoms with van der Waals surface area (Å²) in [4.78, 5) is 22.6. The summed E-state index contributed by atoms with van der Waals surface area (Å²) in [5, 5.41) is 3.11. The number of carbonyl (C=O) groups excluding carboxylic acids is 1. The quantitative estimate of drug-likeness (QED) is 0.567. The summed E-state index contributed by atoms with van der Waals surface area (Å²) in [6, 6.07) is 5.93. The Kier molecular flexibility index (Phi) is 5.47. The van der Waals surface area contributed by atoms with Crippen molar-refractivity contribution in [3.63, 3.8) is 0 Å². The van der Waals surface area contributed by atoms with Gasteiger partial charge in [0.15, 0.2) is 5.82 Å². The van der Waals surface area contributed by atoms with Gasteiger partial charge in [0.05, 0.1) is 17.6 Å². The standard InChI is InChI=1S/C27H36N4O/c1-4-16(2)26(32)31-25-23(14-27-11-18-8-19(12-27)10-20(9-18)13-27)30-24(15-29-25)22-6-5-21(28)7-17(22)3/h5-7,15-16,18-20H,4,8-14,28H2,1-3H3,(H,29,31,32). The van der Waals surface area contributed by atoms with Crippen LogP contribution in [0.4, 0.5) is 11.5 Å². The SMILES string of the molecule is CCC(C)C(=O)Nc1ncc(-c2ccc(N)cc2C)nc1CC12CC3CC(CC(C3)C1)C2. The number of nitrogens with zero attached hydrogens (tertiary/aromatic N) is 2. The number of carbonyl (C=O) groups is 1. The second-order valence-electron chi connectivity index (χ2n) is 11.0. The van der Waals surface area contributed by atoms with Crippen LogP contribution in [-0.4, -0.2) is 15.9 Å². The molecule has 5 nitrogen and oxygen atoms in total. The number of hydrogen-bond acceptors (Lipinski definition) is 4. The van der Waals surface area contributed by atoms with E-state index in [1.807, 2.05) is 32.0 Å². The molecular weight excluding hydrogens is 396 g/mol. The molecule has 4 aliphatic rings. The molecule has 1 aromatic heterocycles. The van der Waals surface area contributed by atoms with Crippen LogP contribution in [0.1, 0.15) is 70.1 Å². The van der Waals surface area contributed by atoms with Crippen LogP contribution in [0.15, 0.2) is 24.4 Å². The molecule has 1 atom stereocenters. The van der Waals surface area contributed by atoms with Crippen LogP contribution in [0.2, 0.25) is 0 Å². The number of amides is 1. The van der Waals surface area contributed by atoms with Crippen LogP contribution in [0.5, 0.6) is 0 Å². The summed E-state index contributed by atoms with van der Waals surface area (Å²) in [5.41, 5.74) is 11.0. The molecule has 4 aliphatic carbocycles. The highest BCUT2D eigenvalue weighted by atomic mass is 16.1. The zero-order valence-corrected chi connectivity index (χ0v) is 19.7. The molecule has 1 aromatic carbocycles. The predicted molar refractivity (Wildman–Crippen MR) is 129 cm³/mol. The minimum absolute atomic E-state index is 0.0324. The van der Waals surface area contributed by atoms with Crippen molar-refractivity contribution in [2.75, 3.05) is 11.1 Å². The molecule has 0 saturated heterocycles. The second kappa shape index (κ2) is 8.17. The largest absolute Gasteiger partial charge is 0.399 e. The topological polar surface area (TPSA) is 80.9 Å². The van der Waals surface area contributed by atoms with Crippen LogP contribution in [-0.2, 0) is 11.2 Å². The Morgan fingerprint density at radius 1 is 1.19 bits per heavy atom. The van der Waals surface area contributed by atoms with Crippen molar-refractivity contribution in [2.45, 2.75) is 72.1 Å². The molecule has 3 N–H and O–H groups in total. The van der Waals surface area contributed by atoms with E-state index in [1.54, 1.807) is 6.20 Å². The minimum atomic E-state index is -0.0387. The molecule has 4 fully saturated rings. The lowest BCUT2D eigenvalue weighted by atomic mass is 9.48. The molecule has 2 aromatic rings. The van der Waals surface area contributed by atoms with Gasteiger partial charge in [-0.25, -0.2) is 9.97 Å². The molecule has 1 unspecified atom stereocenters. The fourth-order valence-electron chi connectivity index (χ4n) is 7.05. The van der Waals surface area contributed by atoms with E-state index in [2.05, 4.69) is 12.2 Å². The van der Waals surface area contributed by atoms with E-state index in [4.69, 9.17) is 15.7 Å². The predicted octanol–water partition coefficient (Wildman–Crippen LogP) is 5.78. The molecule has 170 valence electrons. The van der Waals surface area contributed by atoms with Gasteiger partial charge in [0.2, 0.25) is 5.91 Å². The van der Waals surface area contributed by atoms with Crippen LogP contribution in [0.25, 0.3) is 11.3 Å². The summed E-state index contributed by atoms with van der Waals surface area (Å²) in [6.07, 6.45) is 11.7. The molecule has 0 aliphatic heterocycles. The summed E-state index contributed by atoms with van der Waals surface area (Å²) in [5.74, 6) is 3.30. The molecule has 4 saturated carbocycles. The van der Waals surface area contributed by atoms with Crippen LogP contribution in [0, 0.1) is 36.0 Å². The Balaban J connectivity index is 1.51. The summed E-state index contributed by atoms with van der Waals surface area (Å²) in [7, 11) is 0. The van der Waals surface area contributed by atoms with Gasteiger partial charge in [-0.2, -0.15) is 0 Å². The van der Waals surface area contributed by atoms with Crippen LogP contribution in [0.3, 0.4) is 0 Å². The average molecular weight is 433 g/mol. The first-order valence-corrected chi connectivity index (χ1v) is 12.4. The number of rotatable bonds is 6. The van der Waals surface area contributed by atoms with Gasteiger partial charge in [0.25, 0.3) is 0 Å². The summed E-state index contributed by atoms with van der Waals surface area (Å²) in [6.45, 7) is 6.07. The Labute approximate surface area is 191 Å². The molecule has 4 bridgehead atoms. The Hall–Kier alpha value is -2.43. The van der Waals surface area contributed by atoms with Gasteiger partial charge in [-0.05, 0) is 99.2 Å². The lowest BCUT2D eigenvalue weighted by molar-refractivity contribution is -0.119. The van der Waals surface area contributed by atoms with E-state index < -0.39 is 0 Å². The first-order chi connectivity index (χ1) is 15.3. The normalized spacial score (nSPS) is 29.2. The number of nitrogens with one attached hydrogen (secondary N) is 1. The minimum Gasteiger partial charge on any atom is -0.399 e. The number of nitrogen functional groups attached to an aromatic ring is 1. The highest BCUT2D eigenvalue weighted by Gasteiger charge is 2.51. The second-order valence-corrected chi connectivity index (χ2v) is 11.0. The fraction of sp³-hybridized carbons (Fsp3) is 0.593. The smallest absolute Gasteiger partial charge is 0.228 e. The molecule has 6 rings (SSSR count). The molecule has 5 heteroatoms. The number of benzene rings is 1. The first kappa shape index (κ1) is 21.4. The highest BCUT2D eigenvalue weighted by Crippen LogP contribution is 2.61. The van der Waals surface area contributed by atoms with Gasteiger partial charge < -0.3 is 11.1 Å². The van der Waals surface area contributed by atoms with Crippen LogP contribution >= 0.6 is 0 Å². The Bertz CT molecular complexity index is 995. The molecule has 1 amide bonds. The third kappa shape index (κ3) is 4.02. The third-order valence-corrected chi connectivity index (χ3v) is 8.38. The van der Waals surface area contributed by atoms with E-state index in [-0.39, 0.29) is 11.8 Å². The van der Waals surface area contributed by atoms with Crippen molar-refractivity contribution in [3.8, 4) is 11.3 Å². The maximum Gasteiger partial charge on any atom is 0.228 e. The number of aromatic nitrogens is 2. The van der Waals surface area contributed by atoms with E-state index in [0.717, 1.165) is 58.8 Å². The Morgan fingerprint density at radius 2 is 1.84 bits per heavy atom. The van der Waals surface area contributed by atoms with E-state index >= 15 is 0 Å². The summed E-state index contributed by atoms with van der Waals surface area (Å²) < 4.78 is 0. The highest BCUT2D eigenvalue weighted by molar-refractivity contribution is 5.92. The van der Waals surface area contributed by atoms with Crippen molar-refractivity contribution in [1.29, 1.82) is 0 Å². The monoisotopic (exact) mass is 432 g/mol. The van der Waals surface area contributed by atoms with Crippen molar-refractivity contribution >= 4 is 17.4 Å². The third-order valence-electron chi connectivity index (χ3n) is 8.38. The zero-order chi connectivity index (χ0) is 22.5. The fourth-order valence-corrected chi connectivity index (χ4v) is 7.05. The number of nitrogens with two attached hydrogens (primary N) is 1. The van der Waals surface area contributed by atoms with Gasteiger partial charge in [-0.3, -0.25) is 4.79 Å². The van der Waals surface area contributed by atoms with Gasteiger partial charge in [-0.1, -0.05) is 19.9 Å². The number of anilines is 2. The average Bonchev–Trinajstić information content (AvgIpc) is 2.73. The van der Waals surface area contributed by atoms with E-state index in [9.17, 15) is 4.79 Å². The van der Waals surface area contributed by atoms with Crippen molar-refractivity contribution < 1.29 is 4.79 Å². The maximum atomic E-state index is 12.7.